The van der Waals surface area contributed by atoms with Gasteiger partial charge in [-0.3, -0.25) is 0 Å². The Labute approximate surface area is 86.8 Å². The first kappa shape index (κ1) is 13.8. The highest BCUT2D eigenvalue weighted by molar-refractivity contribution is 4.55. The fourth-order valence-electron chi connectivity index (χ4n) is 1.22. The Balaban J connectivity index is 3.10. The van der Waals surface area contributed by atoms with Crippen molar-refractivity contribution in [3.63, 3.8) is 0 Å². The Morgan fingerprint density at radius 1 is 1.29 bits per heavy atom. The fourth-order valence-corrected chi connectivity index (χ4v) is 1.22. The van der Waals surface area contributed by atoms with Gasteiger partial charge in [-0.25, -0.2) is 0 Å². The van der Waals surface area contributed by atoms with Crippen LogP contribution in [0.1, 0.15) is 13.3 Å². The van der Waals surface area contributed by atoms with Crippen molar-refractivity contribution < 1.29 is 14.6 Å². The molecule has 14 heavy (non-hydrogen) atoms. The lowest BCUT2D eigenvalue weighted by Gasteiger charge is -2.17. The molecule has 1 atom stereocenters. The van der Waals surface area contributed by atoms with Crippen molar-refractivity contribution in [2.24, 2.45) is 0 Å². The molecule has 0 aliphatic heterocycles. The molecule has 4 heteroatoms. The molecule has 0 saturated heterocycles. The second kappa shape index (κ2) is 9.40. The van der Waals surface area contributed by atoms with Gasteiger partial charge < -0.3 is 19.5 Å². The Hall–Kier alpha value is -0.160. The average molecular weight is 205 g/mol. The maximum absolute atomic E-state index is 9.11. The number of nitrogens with zero attached hydrogens (tertiary/aromatic N) is 1. The fraction of sp³-hybridized carbons (Fsp3) is 1.00. The van der Waals surface area contributed by atoms with E-state index in [-0.39, 0.29) is 6.10 Å². The lowest BCUT2D eigenvalue weighted by molar-refractivity contribution is 0.0638. The third-order valence-electron chi connectivity index (χ3n) is 1.84. The highest BCUT2D eigenvalue weighted by Gasteiger charge is 2.01. The summed E-state index contributed by atoms with van der Waals surface area (Å²) in [7, 11) is 3.67. The summed E-state index contributed by atoms with van der Waals surface area (Å²) in [5, 5.41) is 9.11. The van der Waals surface area contributed by atoms with Gasteiger partial charge in [0.25, 0.3) is 0 Å². The summed E-state index contributed by atoms with van der Waals surface area (Å²) in [6.45, 7) is 5.55. The smallest absolute Gasteiger partial charge is 0.0700 e. The quantitative estimate of drug-likeness (QED) is 0.552. The van der Waals surface area contributed by atoms with Gasteiger partial charge in [-0.1, -0.05) is 0 Å². The summed E-state index contributed by atoms with van der Waals surface area (Å²) in [6.07, 6.45) is 0.738. The van der Waals surface area contributed by atoms with Crippen LogP contribution in [0.3, 0.4) is 0 Å². The van der Waals surface area contributed by atoms with Crippen molar-refractivity contribution >= 4 is 0 Å². The predicted octanol–water partition coefficient (Wildman–Crippen LogP) is 0.352. The van der Waals surface area contributed by atoms with Crippen molar-refractivity contribution in [2.75, 3.05) is 47.1 Å². The first-order chi connectivity index (χ1) is 6.66. The van der Waals surface area contributed by atoms with Gasteiger partial charge in [0.2, 0.25) is 0 Å². The molecule has 1 unspecified atom stereocenters. The molecule has 0 aliphatic carbocycles. The number of hydrogen-bond donors (Lipinski definition) is 1. The maximum Gasteiger partial charge on any atom is 0.0700 e. The summed E-state index contributed by atoms with van der Waals surface area (Å²) >= 11 is 0. The molecule has 1 N–H and O–H groups in total. The van der Waals surface area contributed by atoms with Gasteiger partial charge in [0.05, 0.1) is 19.3 Å². The van der Waals surface area contributed by atoms with Crippen LogP contribution in [0, 0.1) is 0 Å². The van der Waals surface area contributed by atoms with Crippen LogP contribution >= 0.6 is 0 Å². The Morgan fingerprint density at radius 2 is 2.00 bits per heavy atom. The molecule has 0 radical (unpaired) electrons. The van der Waals surface area contributed by atoms with Crippen LogP contribution in [0.15, 0.2) is 0 Å². The lowest BCUT2D eigenvalue weighted by atomic mass is 10.3. The van der Waals surface area contributed by atoms with Crippen molar-refractivity contribution in [3.8, 4) is 0 Å². The molecule has 4 nitrogen and oxygen atoms in total. The molecule has 86 valence electrons. The zero-order valence-corrected chi connectivity index (χ0v) is 9.53. The number of methoxy groups -OCH3 is 1. The zero-order valence-electron chi connectivity index (χ0n) is 9.53. The third-order valence-corrected chi connectivity index (χ3v) is 1.84. The molecular formula is C10H23NO3. The number of hydrogen-bond acceptors (Lipinski definition) is 4. The van der Waals surface area contributed by atoms with Crippen LogP contribution in [-0.4, -0.2) is 63.2 Å². The van der Waals surface area contributed by atoms with Crippen LogP contribution in [0.5, 0.6) is 0 Å². The van der Waals surface area contributed by atoms with Crippen LogP contribution < -0.4 is 0 Å². The molecule has 0 heterocycles. The van der Waals surface area contributed by atoms with Gasteiger partial charge in [-0.2, -0.15) is 0 Å². The molecule has 0 fully saturated rings. The van der Waals surface area contributed by atoms with Crippen molar-refractivity contribution in [1.29, 1.82) is 0 Å². The van der Waals surface area contributed by atoms with Crippen molar-refractivity contribution in [3.05, 3.63) is 0 Å². The zero-order chi connectivity index (χ0) is 10.8. The Kier molecular flexibility index (Phi) is 9.29. The van der Waals surface area contributed by atoms with E-state index >= 15 is 0 Å². The topological polar surface area (TPSA) is 41.9 Å². The number of rotatable bonds is 9. The number of aliphatic hydroxyl groups excluding tert-OH is 1. The summed E-state index contributed by atoms with van der Waals surface area (Å²) in [4.78, 5) is 2.10. The highest BCUT2D eigenvalue weighted by atomic mass is 16.5. The first-order valence-corrected chi connectivity index (χ1v) is 5.10. The molecule has 0 amide bonds. The average Bonchev–Trinajstić information content (AvgIpc) is 2.10. The summed E-state index contributed by atoms with van der Waals surface area (Å²) in [5.41, 5.74) is 0. The molecule has 0 aromatic carbocycles. The largest absolute Gasteiger partial charge is 0.392 e. The molecule has 0 aromatic rings. The monoisotopic (exact) mass is 205 g/mol. The van der Waals surface area contributed by atoms with E-state index in [4.69, 9.17) is 14.6 Å². The molecular weight excluding hydrogens is 182 g/mol. The van der Waals surface area contributed by atoms with Crippen molar-refractivity contribution in [1.82, 2.24) is 4.90 Å². The third kappa shape index (κ3) is 9.92. The van der Waals surface area contributed by atoms with E-state index < -0.39 is 0 Å². The van der Waals surface area contributed by atoms with E-state index in [0.717, 1.165) is 26.1 Å². The summed E-state index contributed by atoms with van der Waals surface area (Å²) < 4.78 is 10.2. The van der Waals surface area contributed by atoms with Crippen LogP contribution in [0.4, 0.5) is 0 Å². The predicted molar refractivity (Wildman–Crippen MR) is 56.5 cm³/mol. The van der Waals surface area contributed by atoms with E-state index in [1.807, 2.05) is 7.05 Å². The molecule has 0 bridgehead atoms. The number of likely N-dealkylation sites (N-methyl/N-ethyl adjacent to an activating group) is 1. The van der Waals surface area contributed by atoms with E-state index in [1.54, 1.807) is 14.0 Å². The molecule has 0 spiro atoms. The lowest BCUT2D eigenvalue weighted by Crippen LogP contribution is -2.28. The Bertz CT molecular complexity index is 120. The van der Waals surface area contributed by atoms with Crippen LogP contribution in [0.25, 0.3) is 0 Å². The minimum absolute atomic E-state index is 0.255. The normalized spacial score (nSPS) is 13.5. The molecule has 0 aliphatic rings. The van der Waals surface area contributed by atoms with E-state index in [9.17, 15) is 0 Å². The second-order valence-corrected chi connectivity index (χ2v) is 3.57. The van der Waals surface area contributed by atoms with E-state index in [0.29, 0.717) is 13.2 Å². The molecule has 0 rings (SSSR count). The van der Waals surface area contributed by atoms with Gasteiger partial charge in [0.1, 0.15) is 0 Å². The maximum atomic E-state index is 9.11. The summed E-state index contributed by atoms with van der Waals surface area (Å²) in [5.74, 6) is 0. The van der Waals surface area contributed by atoms with E-state index in [1.165, 1.54) is 0 Å². The van der Waals surface area contributed by atoms with Gasteiger partial charge in [0.15, 0.2) is 0 Å². The van der Waals surface area contributed by atoms with Gasteiger partial charge in [0, 0.05) is 26.8 Å². The highest BCUT2D eigenvalue weighted by Crippen LogP contribution is 1.91. The SMILES string of the molecule is COCCOCCCN(C)CC(C)O. The molecule has 0 aromatic heterocycles. The standard InChI is InChI=1S/C10H23NO3/c1-10(12)9-11(2)5-4-6-14-8-7-13-3/h10,12H,4-9H2,1-3H3. The minimum atomic E-state index is -0.255. The number of aliphatic hydroxyl groups is 1. The Morgan fingerprint density at radius 3 is 2.57 bits per heavy atom. The van der Waals surface area contributed by atoms with Gasteiger partial charge in [-0.05, 0) is 20.4 Å². The van der Waals surface area contributed by atoms with Crippen LogP contribution in [-0.2, 0) is 9.47 Å². The van der Waals surface area contributed by atoms with E-state index in [2.05, 4.69) is 4.90 Å². The van der Waals surface area contributed by atoms with Gasteiger partial charge in [-0.15, -0.1) is 0 Å². The van der Waals surface area contributed by atoms with Crippen LogP contribution in [0.2, 0.25) is 0 Å². The van der Waals surface area contributed by atoms with Crippen molar-refractivity contribution in [2.45, 2.75) is 19.4 Å². The van der Waals surface area contributed by atoms with Gasteiger partial charge >= 0.3 is 0 Å². The minimum Gasteiger partial charge on any atom is -0.392 e. The molecule has 0 saturated carbocycles. The first-order valence-electron chi connectivity index (χ1n) is 5.10. The second-order valence-electron chi connectivity index (χ2n) is 3.57. The summed E-state index contributed by atoms with van der Waals surface area (Å²) in [6, 6.07) is 0. The number of ether oxygens (including phenoxy) is 2.